The molecule has 24 heavy (non-hydrogen) atoms. The van der Waals surface area contributed by atoms with Gasteiger partial charge in [0.25, 0.3) is 0 Å². The van der Waals surface area contributed by atoms with Crippen molar-refractivity contribution in [3.8, 4) is 0 Å². The largest absolute Gasteiger partial charge is 0.354 e. The molecule has 1 atom stereocenters. The lowest BCUT2D eigenvalue weighted by Crippen LogP contribution is -2.55. The second-order valence-electron chi connectivity index (χ2n) is 7.35. The van der Waals surface area contributed by atoms with E-state index in [0.717, 1.165) is 50.8 Å². The first-order chi connectivity index (χ1) is 11.6. The van der Waals surface area contributed by atoms with Gasteiger partial charge in [-0.05, 0) is 50.7 Å². The molecule has 1 N–H and O–H groups in total. The number of carbonyl (C=O) groups is 1. The zero-order valence-electron chi connectivity index (χ0n) is 14.9. The maximum absolute atomic E-state index is 12.6. The number of piperazine rings is 1. The zero-order chi connectivity index (χ0) is 16.9. The van der Waals surface area contributed by atoms with Crippen molar-refractivity contribution in [1.29, 1.82) is 0 Å². The summed E-state index contributed by atoms with van der Waals surface area (Å²) in [4.78, 5) is 21.6. The number of anilines is 1. The molecule has 1 aliphatic carbocycles. The van der Waals surface area contributed by atoms with Crippen LogP contribution < -0.4 is 10.2 Å². The van der Waals surface area contributed by atoms with E-state index in [4.69, 9.17) is 0 Å². The number of hydrogen-bond acceptors (Lipinski definition) is 4. The van der Waals surface area contributed by atoms with Gasteiger partial charge >= 0.3 is 0 Å². The minimum absolute atomic E-state index is 0.0461. The van der Waals surface area contributed by atoms with E-state index in [-0.39, 0.29) is 11.9 Å². The van der Waals surface area contributed by atoms with Crippen LogP contribution in [0.3, 0.4) is 0 Å². The van der Waals surface area contributed by atoms with Crippen molar-refractivity contribution in [2.24, 2.45) is 5.92 Å². The molecule has 2 heterocycles. The number of aromatic nitrogens is 1. The smallest absolute Gasteiger partial charge is 0.237 e. The molecule has 0 unspecified atom stereocenters. The van der Waals surface area contributed by atoms with Crippen LogP contribution >= 0.6 is 0 Å². The molecule has 5 heteroatoms. The average molecular weight is 330 g/mol. The molecule has 0 spiro atoms. The Balaban J connectivity index is 1.46. The van der Waals surface area contributed by atoms with Crippen LogP contribution in [0.4, 0.5) is 5.82 Å². The van der Waals surface area contributed by atoms with Gasteiger partial charge in [-0.2, -0.15) is 0 Å². The number of nitrogens with one attached hydrogen (secondary N) is 1. The summed E-state index contributed by atoms with van der Waals surface area (Å²) < 4.78 is 0. The summed E-state index contributed by atoms with van der Waals surface area (Å²) in [6.07, 6.45) is 6.58. The minimum atomic E-state index is -0.0461. The monoisotopic (exact) mass is 330 g/mol. The highest BCUT2D eigenvalue weighted by Gasteiger charge is 2.28. The van der Waals surface area contributed by atoms with E-state index in [2.05, 4.69) is 33.1 Å². The molecule has 1 amide bonds. The second kappa shape index (κ2) is 7.97. The van der Waals surface area contributed by atoms with E-state index in [1.807, 2.05) is 25.3 Å². The van der Waals surface area contributed by atoms with E-state index in [1.54, 1.807) is 0 Å². The van der Waals surface area contributed by atoms with Crippen LogP contribution in [0.1, 0.15) is 39.5 Å². The highest BCUT2D eigenvalue weighted by Crippen LogP contribution is 2.23. The Morgan fingerprint density at radius 1 is 1.17 bits per heavy atom. The Morgan fingerprint density at radius 3 is 2.50 bits per heavy atom. The van der Waals surface area contributed by atoms with Crippen molar-refractivity contribution in [2.75, 3.05) is 31.1 Å². The van der Waals surface area contributed by atoms with Crippen molar-refractivity contribution in [1.82, 2.24) is 15.2 Å². The Kier molecular flexibility index (Phi) is 5.72. The fourth-order valence-electron chi connectivity index (χ4n) is 3.77. The van der Waals surface area contributed by atoms with Gasteiger partial charge in [0, 0.05) is 38.4 Å². The van der Waals surface area contributed by atoms with Gasteiger partial charge < -0.3 is 10.2 Å². The lowest BCUT2D eigenvalue weighted by atomic mass is 9.87. The Labute approximate surface area is 145 Å². The minimum Gasteiger partial charge on any atom is -0.354 e. The molecule has 2 fully saturated rings. The Morgan fingerprint density at radius 2 is 1.88 bits per heavy atom. The van der Waals surface area contributed by atoms with Crippen LogP contribution in [0.25, 0.3) is 0 Å². The Hall–Kier alpha value is -1.62. The number of rotatable bonds is 4. The van der Waals surface area contributed by atoms with Gasteiger partial charge in [0.05, 0.1) is 6.04 Å². The van der Waals surface area contributed by atoms with E-state index in [1.165, 1.54) is 12.8 Å². The molecule has 0 aromatic carbocycles. The van der Waals surface area contributed by atoms with E-state index >= 15 is 0 Å². The van der Waals surface area contributed by atoms with Crippen LogP contribution in [0.15, 0.2) is 24.4 Å². The van der Waals surface area contributed by atoms with Crippen LogP contribution in [-0.4, -0.2) is 54.1 Å². The molecule has 132 valence electrons. The number of hydrogen-bond donors (Lipinski definition) is 1. The molecule has 1 aliphatic heterocycles. The van der Waals surface area contributed by atoms with Crippen molar-refractivity contribution < 1.29 is 4.79 Å². The molecule has 0 radical (unpaired) electrons. The molecule has 0 bridgehead atoms. The summed E-state index contributed by atoms with van der Waals surface area (Å²) in [6.45, 7) is 8.02. The molecule has 1 aromatic rings. The van der Waals surface area contributed by atoms with E-state index in [0.29, 0.717) is 6.04 Å². The SMILES string of the molecule is CC1CCC(NC(=O)[C@@H](C)N2CCN(c3ccccn3)CC2)CC1. The summed E-state index contributed by atoms with van der Waals surface area (Å²) in [7, 11) is 0. The van der Waals surface area contributed by atoms with Gasteiger partial charge in [-0.1, -0.05) is 13.0 Å². The average Bonchev–Trinajstić information content (AvgIpc) is 2.64. The number of nitrogens with zero attached hydrogens (tertiary/aromatic N) is 3. The van der Waals surface area contributed by atoms with Crippen LogP contribution in [0.2, 0.25) is 0 Å². The maximum atomic E-state index is 12.6. The molecule has 1 saturated carbocycles. The third kappa shape index (κ3) is 4.26. The predicted molar refractivity (Wildman–Crippen MR) is 97.0 cm³/mol. The van der Waals surface area contributed by atoms with Gasteiger partial charge in [-0.3, -0.25) is 9.69 Å². The molecule has 2 aliphatic rings. The maximum Gasteiger partial charge on any atom is 0.237 e. The standard InChI is InChI=1S/C19H30N4O/c1-15-6-8-17(9-7-15)21-19(24)16(2)22-11-13-23(14-12-22)18-5-3-4-10-20-18/h3-5,10,15-17H,6-9,11-14H2,1-2H3,(H,21,24)/t15?,16-,17?/m1/s1. The van der Waals surface area contributed by atoms with Crippen LogP contribution in [0.5, 0.6) is 0 Å². The highest BCUT2D eigenvalue weighted by atomic mass is 16.2. The zero-order valence-corrected chi connectivity index (χ0v) is 14.9. The van der Waals surface area contributed by atoms with E-state index < -0.39 is 0 Å². The van der Waals surface area contributed by atoms with Gasteiger partial charge in [0.1, 0.15) is 5.82 Å². The fourth-order valence-corrected chi connectivity index (χ4v) is 3.77. The lowest BCUT2D eigenvalue weighted by Gasteiger charge is -2.38. The van der Waals surface area contributed by atoms with Gasteiger partial charge in [-0.15, -0.1) is 0 Å². The molecule has 3 rings (SSSR count). The fraction of sp³-hybridized carbons (Fsp3) is 0.684. The Bertz CT molecular complexity index is 519. The summed E-state index contributed by atoms with van der Waals surface area (Å²) >= 11 is 0. The predicted octanol–water partition coefficient (Wildman–Crippen LogP) is 2.29. The first-order valence-electron chi connectivity index (χ1n) is 9.34. The first kappa shape index (κ1) is 17.2. The highest BCUT2D eigenvalue weighted by molar-refractivity contribution is 5.81. The van der Waals surface area contributed by atoms with Gasteiger partial charge in [0.2, 0.25) is 5.91 Å². The second-order valence-corrected chi connectivity index (χ2v) is 7.35. The van der Waals surface area contributed by atoms with E-state index in [9.17, 15) is 4.79 Å². The van der Waals surface area contributed by atoms with Gasteiger partial charge in [-0.25, -0.2) is 4.98 Å². The van der Waals surface area contributed by atoms with Crippen LogP contribution in [0, 0.1) is 5.92 Å². The van der Waals surface area contributed by atoms with Crippen molar-refractivity contribution in [3.05, 3.63) is 24.4 Å². The third-order valence-corrected chi connectivity index (χ3v) is 5.58. The van der Waals surface area contributed by atoms with Crippen LogP contribution in [-0.2, 0) is 4.79 Å². The van der Waals surface area contributed by atoms with Crippen molar-refractivity contribution in [3.63, 3.8) is 0 Å². The number of amides is 1. The molecular formula is C19H30N4O. The quantitative estimate of drug-likeness (QED) is 0.920. The van der Waals surface area contributed by atoms with Gasteiger partial charge in [0.15, 0.2) is 0 Å². The third-order valence-electron chi connectivity index (χ3n) is 5.58. The summed E-state index contributed by atoms with van der Waals surface area (Å²) in [5.74, 6) is 2.04. The summed E-state index contributed by atoms with van der Waals surface area (Å²) in [6, 6.07) is 6.35. The lowest BCUT2D eigenvalue weighted by molar-refractivity contribution is -0.127. The number of pyridine rings is 1. The molecular weight excluding hydrogens is 300 g/mol. The first-order valence-corrected chi connectivity index (χ1v) is 9.34. The van der Waals surface area contributed by atoms with Crippen molar-refractivity contribution in [2.45, 2.75) is 51.6 Å². The number of carbonyl (C=O) groups excluding carboxylic acids is 1. The molecule has 1 saturated heterocycles. The summed E-state index contributed by atoms with van der Waals surface area (Å²) in [5.41, 5.74) is 0. The molecule has 5 nitrogen and oxygen atoms in total. The van der Waals surface area contributed by atoms with Crippen molar-refractivity contribution >= 4 is 11.7 Å². The topological polar surface area (TPSA) is 48.5 Å². The molecule has 1 aromatic heterocycles. The normalized spacial score (nSPS) is 26.8. The summed E-state index contributed by atoms with van der Waals surface area (Å²) in [5, 5.41) is 3.27.